The summed E-state index contributed by atoms with van der Waals surface area (Å²) in [7, 11) is 0. The number of benzene rings is 1. The fourth-order valence-electron chi connectivity index (χ4n) is 2.53. The molecule has 6 nitrogen and oxygen atoms in total. The maximum Gasteiger partial charge on any atom is 0.271 e. The Hall–Kier alpha value is -2.73. The van der Waals surface area contributed by atoms with Gasteiger partial charge in [-0.15, -0.1) is 0 Å². The van der Waals surface area contributed by atoms with E-state index in [4.69, 9.17) is 5.73 Å². The van der Waals surface area contributed by atoms with Gasteiger partial charge in [0.15, 0.2) is 0 Å². The zero-order valence-electron chi connectivity index (χ0n) is 14.1. The maximum atomic E-state index is 12.3. The predicted octanol–water partition coefficient (Wildman–Crippen LogP) is 2.40. The Morgan fingerprint density at radius 3 is 2.75 bits per heavy atom. The highest BCUT2D eigenvalue weighted by atomic mass is 16.1. The minimum atomic E-state index is -0.478. The Kier molecular flexibility index (Phi) is 4.07. The standard InChI is InChI=1S/C18H21N5O/c1-11-12-6-4-5-7-13(12)23-16(11)14-8-20-9-15(22-14)17(24)21-10-18(2,3)19/h4-9,23H,10,19H2,1-3H3,(H,21,24). The molecule has 0 fully saturated rings. The van der Waals surface area contributed by atoms with E-state index in [1.165, 1.54) is 6.20 Å². The molecule has 0 aliphatic rings. The molecule has 0 spiro atoms. The largest absolute Gasteiger partial charge is 0.353 e. The number of hydrogen-bond donors (Lipinski definition) is 3. The first kappa shape index (κ1) is 16.1. The molecule has 3 rings (SSSR count). The van der Waals surface area contributed by atoms with Gasteiger partial charge in [-0.25, -0.2) is 4.98 Å². The smallest absolute Gasteiger partial charge is 0.271 e. The van der Waals surface area contributed by atoms with Crippen LogP contribution in [-0.4, -0.2) is 32.9 Å². The summed E-state index contributed by atoms with van der Waals surface area (Å²) < 4.78 is 0. The first-order valence-corrected chi connectivity index (χ1v) is 7.82. The van der Waals surface area contributed by atoms with E-state index in [9.17, 15) is 4.79 Å². The van der Waals surface area contributed by atoms with Crippen molar-refractivity contribution in [1.29, 1.82) is 0 Å². The molecule has 4 N–H and O–H groups in total. The third kappa shape index (κ3) is 3.28. The Balaban J connectivity index is 1.92. The Labute approximate surface area is 140 Å². The van der Waals surface area contributed by atoms with Gasteiger partial charge in [0, 0.05) is 23.0 Å². The van der Waals surface area contributed by atoms with E-state index < -0.39 is 5.54 Å². The number of aryl methyl sites for hydroxylation is 1. The zero-order chi connectivity index (χ0) is 17.3. The third-order valence-corrected chi connectivity index (χ3v) is 3.79. The number of aromatic amines is 1. The summed E-state index contributed by atoms with van der Waals surface area (Å²) in [6.45, 7) is 6.09. The predicted molar refractivity (Wildman–Crippen MR) is 94.7 cm³/mol. The minimum absolute atomic E-state index is 0.273. The second-order valence-electron chi connectivity index (χ2n) is 6.63. The molecule has 2 aromatic heterocycles. The number of amides is 1. The third-order valence-electron chi connectivity index (χ3n) is 3.79. The van der Waals surface area contributed by atoms with E-state index in [2.05, 4.69) is 26.3 Å². The number of carbonyl (C=O) groups is 1. The molecule has 0 aliphatic carbocycles. The highest BCUT2D eigenvalue weighted by Crippen LogP contribution is 2.27. The molecule has 3 aromatic rings. The number of hydrogen-bond acceptors (Lipinski definition) is 4. The molecule has 0 bridgehead atoms. The number of H-pyrrole nitrogens is 1. The van der Waals surface area contributed by atoms with Gasteiger partial charge in [0.25, 0.3) is 5.91 Å². The number of fused-ring (bicyclic) bond motifs is 1. The summed E-state index contributed by atoms with van der Waals surface area (Å²) >= 11 is 0. The van der Waals surface area contributed by atoms with Crippen molar-refractivity contribution in [3.63, 3.8) is 0 Å². The fourth-order valence-corrected chi connectivity index (χ4v) is 2.53. The maximum absolute atomic E-state index is 12.3. The number of rotatable bonds is 4. The van der Waals surface area contributed by atoms with Crippen molar-refractivity contribution in [3.8, 4) is 11.4 Å². The highest BCUT2D eigenvalue weighted by Gasteiger charge is 2.16. The van der Waals surface area contributed by atoms with Crippen LogP contribution in [0, 0.1) is 6.92 Å². The molecule has 124 valence electrons. The number of aromatic nitrogens is 3. The molecule has 0 saturated heterocycles. The Morgan fingerprint density at radius 2 is 2.04 bits per heavy atom. The topological polar surface area (TPSA) is 96.7 Å². The summed E-state index contributed by atoms with van der Waals surface area (Å²) in [6, 6.07) is 8.04. The van der Waals surface area contributed by atoms with E-state index in [1.807, 2.05) is 39.0 Å². The van der Waals surface area contributed by atoms with Crippen LogP contribution in [-0.2, 0) is 0 Å². The van der Waals surface area contributed by atoms with E-state index in [0.717, 1.165) is 22.2 Å². The van der Waals surface area contributed by atoms with Crippen LogP contribution in [0.2, 0.25) is 0 Å². The lowest BCUT2D eigenvalue weighted by Crippen LogP contribution is -2.45. The molecule has 0 radical (unpaired) electrons. The monoisotopic (exact) mass is 323 g/mol. The molecule has 24 heavy (non-hydrogen) atoms. The minimum Gasteiger partial charge on any atom is -0.353 e. The van der Waals surface area contributed by atoms with E-state index in [-0.39, 0.29) is 11.6 Å². The zero-order valence-corrected chi connectivity index (χ0v) is 14.1. The van der Waals surface area contributed by atoms with Crippen molar-refractivity contribution in [1.82, 2.24) is 20.3 Å². The van der Waals surface area contributed by atoms with Crippen LogP contribution >= 0.6 is 0 Å². The Morgan fingerprint density at radius 1 is 1.29 bits per heavy atom. The quantitative estimate of drug-likeness (QED) is 0.687. The summed E-state index contributed by atoms with van der Waals surface area (Å²) in [5.74, 6) is -0.281. The first-order valence-electron chi connectivity index (χ1n) is 7.82. The normalized spacial score (nSPS) is 11.7. The van der Waals surface area contributed by atoms with Gasteiger partial charge in [-0.05, 0) is 32.4 Å². The highest BCUT2D eigenvalue weighted by molar-refractivity contribution is 5.93. The number of nitrogens with two attached hydrogens (primary N) is 1. The number of carbonyl (C=O) groups excluding carboxylic acids is 1. The molecule has 0 aliphatic heterocycles. The average molecular weight is 323 g/mol. The molecule has 0 saturated carbocycles. The molecular formula is C18H21N5O. The van der Waals surface area contributed by atoms with Crippen LogP contribution < -0.4 is 11.1 Å². The van der Waals surface area contributed by atoms with Gasteiger partial charge in [0.1, 0.15) is 11.4 Å². The van der Waals surface area contributed by atoms with Gasteiger partial charge >= 0.3 is 0 Å². The van der Waals surface area contributed by atoms with E-state index >= 15 is 0 Å². The van der Waals surface area contributed by atoms with Gasteiger partial charge in [-0.1, -0.05) is 18.2 Å². The van der Waals surface area contributed by atoms with Crippen molar-refractivity contribution in [3.05, 3.63) is 47.9 Å². The lowest BCUT2D eigenvalue weighted by molar-refractivity contribution is 0.0940. The molecular weight excluding hydrogens is 302 g/mol. The van der Waals surface area contributed by atoms with E-state index in [0.29, 0.717) is 12.2 Å². The van der Waals surface area contributed by atoms with Gasteiger partial charge in [-0.3, -0.25) is 9.78 Å². The Bertz CT molecular complexity index is 892. The lowest BCUT2D eigenvalue weighted by atomic mass is 10.1. The number of nitrogens with one attached hydrogen (secondary N) is 2. The van der Waals surface area contributed by atoms with Crippen molar-refractivity contribution in [2.45, 2.75) is 26.3 Å². The lowest BCUT2D eigenvalue weighted by Gasteiger charge is -2.18. The van der Waals surface area contributed by atoms with Crippen molar-refractivity contribution in [2.24, 2.45) is 5.73 Å². The molecule has 1 aromatic carbocycles. The summed E-state index contributed by atoms with van der Waals surface area (Å²) in [4.78, 5) is 24.2. The molecule has 2 heterocycles. The van der Waals surface area contributed by atoms with Gasteiger partial charge in [0.2, 0.25) is 0 Å². The molecule has 0 unspecified atom stereocenters. The van der Waals surface area contributed by atoms with Crippen LogP contribution in [0.15, 0.2) is 36.7 Å². The first-order chi connectivity index (χ1) is 11.3. The van der Waals surface area contributed by atoms with Crippen molar-refractivity contribution >= 4 is 16.8 Å². The van der Waals surface area contributed by atoms with Crippen LogP contribution in [0.25, 0.3) is 22.3 Å². The molecule has 0 atom stereocenters. The second-order valence-corrected chi connectivity index (χ2v) is 6.63. The molecule has 1 amide bonds. The average Bonchev–Trinajstić information content (AvgIpc) is 2.89. The molecule has 6 heteroatoms. The summed E-state index contributed by atoms with van der Waals surface area (Å²) in [5, 5.41) is 3.92. The number of para-hydroxylation sites is 1. The van der Waals surface area contributed by atoms with Gasteiger partial charge < -0.3 is 16.0 Å². The van der Waals surface area contributed by atoms with Crippen LogP contribution in [0.5, 0.6) is 0 Å². The van der Waals surface area contributed by atoms with Gasteiger partial charge in [-0.2, -0.15) is 0 Å². The summed E-state index contributed by atoms with van der Waals surface area (Å²) in [6.07, 6.45) is 3.11. The van der Waals surface area contributed by atoms with Crippen LogP contribution in [0.1, 0.15) is 29.9 Å². The van der Waals surface area contributed by atoms with E-state index in [1.54, 1.807) is 6.20 Å². The fraction of sp³-hybridized carbons (Fsp3) is 0.278. The van der Waals surface area contributed by atoms with Crippen LogP contribution in [0.3, 0.4) is 0 Å². The van der Waals surface area contributed by atoms with Crippen molar-refractivity contribution in [2.75, 3.05) is 6.54 Å². The van der Waals surface area contributed by atoms with Gasteiger partial charge in [0.05, 0.1) is 18.1 Å². The van der Waals surface area contributed by atoms with Crippen molar-refractivity contribution < 1.29 is 4.79 Å². The second kappa shape index (κ2) is 6.05. The SMILES string of the molecule is Cc1c(-c2cncc(C(=O)NCC(C)(C)N)n2)[nH]c2ccccc12. The summed E-state index contributed by atoms with van der Waals surface area (Å²) in [5.41, 5.74) is 9.32. The number of nitrogens with zero attached hydrogens (tertiary/aromatic N) is 2. The van der Waals surface area contributed by atoms with Crippen LogP contribution in [0.4, 0.5) is 0 Å².